The molecule has 0 saturated carbocycles. The van der Waals surface area contributed by atoms with Crippen molar-refractivity contribution in [3.63, 3.8) is 0 Å². The van der Waals surface area contributed by atoms with Crippen molar-refractivity contribution in [2.24, 2.45) is 0 Å². The van der Waals surface area contributed by atoms with E-state index < -0.39 is 10.0 Å². The van der Waals surface area contributed by atoms with E-state index in [-0.39, 0.29) is 0 Å². The van der Waals surface area contributed by atoms with Gasteiger partial charge in [-0.25, -0.2) is 8.42 Å². The highest BCUT2D eigenvalue weighted by atomic mass is 32.2. The van der Waals surface area contributed by atoms with E-state index >= 15 is 0 Å². The second-order valence-corrected chi connectivity index (χ2v) is 9.71. The van der Waals surface area contributed by atoms with Gasteiger partial charge in [0.25, 0.3) is 0 Å². The maximum Gasteiger partial charge on any atom is 0.246 e. The molecule has 10 heteroatoms. The summed E-state index contributed by atoms with van der Waals surface area (Å²) in [6.45, 7) is 1.46. The summed E-state index contributed by atoms with van der Waals surface area (Å²) in [6, 6.07) is 12.1. The number of methoxy groups -OCH3 is 2. The summed E-state index contributed by atoms with van der Waals surface area (Å²) in [5.74, 6) is 2.05. The Morgan fingerprint density at radius 2 is 1.73 bits per heavy atom. The van der Waals surface area contributed by atoms with Crippen LogP contribution >= 0.6 is 0 Å². The van der Waals surface area contributed by atoms with Gasteiger partial charge in [0.05, 0.1) is 31.2 Å². The Morgan fingerprint density at radius 1 is 1.00 bits per heavy atom. The van der Waals surface area contributed by atoms with Crippen molar-refractivity contribution >= 4 is 15.7 Å². The summed E-state index contributed by atoms with van der Waals surface area (Å²) >= 11 is 0. The standard InChI is InChI=1S/C23H28N4O5S/c1-30-18-9-12-20(21(15-18)31-2)23-25-22(32-26-23)16-24-17-7-10-19(11-8-17)33(28,29)27-13-5-3-4-6-14-27/h7-12,15,24H,3-6,13-14,16H2,1-2H3. The van der Waals surface area contributed by atoms with Gasteiger partial charge in [0.1, 0.15) is 11.5 Å². The molecule has 0 amide bonds. The molecular formula is C23H28N4O5S. The lowest BCUT2D eigenvalue weighted by molar-refractivity contribution is 0.382. The first kappa shape index (κ1) is 23.1. The normalized spacial score (nSPS) is 15.1. The Bertz CT molecular complexity index is 1170. The molecular weight excluding hydrogens is 444 g/mol. The number of hydrogen-bond acceptors (Lipinski definition) is 8. The summed E-state index contributed by atoms with van der Waals surface area (Å²) in [5.41, 5.74) is 1.45. The van der Waals surface area contributed by atoms with Gasteiger partial charge in [-0.05, 0) is 49.2 Å². The van der Waals surface area contributed by atoms with Crippen LogP contribution in [-0.2, 0) is 16.6 Å². The molecule has 9 nitrogen and oxygen atoms in total. The lowest BCUT2D eigenvalue weighted by atomic mass is 10.2. The number of benzene rings is 2. The van der Waals surface area contributed by atoms with Crippen LogP contribution in [0, 0.1) is 0 Å². The van der Waals surface area contributed by atoms with Crippen LogP contribution in [0.4, 0.5) is 5.69 Å². The Balaban J connectivity index is 1.41. The van der Waals surface area contributed by atoms with Crippen molar-refractivity contribution in [2.45, 2.75) is 37.1 Å². The minimum absolute atomic E-state index is 0.295. The van der Waals surface area contributed by atoms with Crippen LogP contribution < -0.4 is 14.8 Å². The summed E-state index contributed by atoms with van der Waals surface area (Å²) < 4.78 is 43.4. The van der Waals surface area contributed by atoms with E-state index in [1.165, 1.54) is 0 Å². The predicted octanol–water partition coefficient (Wildman–Crippen LogP) is 3.93. The molecule has 2 aromatic carbocycles. The summed E-state index contributed by atoms with van der Waals surface area (Å²) in [5, 5.41) is 7.22. The fourth-order valence-corrected chi connectivity index (χ4v) is 5.29. The van der Waals surface area contributed by atoms with E-state index in [0.717, 1.165) is 31.4 Å². The summed E-state index contributed by atoms with van der Waals surface area (Å²) in [4.78, 5) is 4.73. The minimum atomic E-state index is -3.46. The third kappa shape index (κ3) is 5.28. The molecule has 1 fully saturated rings. The average Bonchev–Trinajstić information content (AvgIpc) is 3.13. The van der Waals surface area contributed by atoms with Gasteiger partial charge in [-0.1, -0.05) is 18.0 Å². The highest BCUT2D eigenvalue weighted by Gasteiger charge is 2.25. The molecule has 4 rings (SSSR count). The molecule has 0 spiro atoms. The number of ether oxygens (including phenoxy) is 2. The molecule has 1 N–H and O–H groups in total. The monoisotopic (exact) mass is 472 g/mol. The fourth-order valence-electron chi connectivity index (χ4n) is 3.77. The SMILES string of the molecule is COc1ccc(-c2noc(CNc3ccc(S(=O)(=O)N4CCCCCC4)cc3)n2)c(OC)c1. The molecule has 0 radical (unpaired) electrons. The van der Waals surface area contributed by atoms with Crippen LogP contribution in [0.3, 0.4) is 0 Å². The van der Waals surface area contributed by atoms with Crippen LogP contribution in [0.25, 0.3) is 11.4 Å². The number of anilines is 1. The minimum Gasteiger partial charge on any atom is -0.497 e. The van der Waals surface area contributed by atoms with Crippen LogP contribution in [-0.4, -0.2) is 50.2 Å². The number of sulfonamides is 1. The van der Waals surface area contributed by atoms with E-state index in [9.17, 15) is 8.42 Å². The Labute approximate surface area is 193 Å². The first-order valence-electron chi connectivity index (χ1n) is 10.9. The smallest absolute Gasteiger partial charge is 0.246 e. The molecule has 0 unspecified atom stereocenters. The Kier molecular flexibility index (Phi) is 7.14. The van der Waals surface area contributed by atoms with E-state index in [2.05, 4.69) is 15.5 Å². The number of nitrogens with zero attached hydrogens (tertiary/aromatic N) is 3. The molecule has 1 saturated heterocycles. The largest absolute Gasteiger partial charge is 0.497 e. The van der Waals surface area contributed by atoms with Gasteiger partial charge in [0, 0.05) is 24.8 Å². The van der Waals surface area contributed by atoms with Crippen molar-refractivity contribution in [1.82, 2.24) is 14.4 Å². The van der Waals surface area contributed by atoms with Crippen molar-refractivity contribution in [3.05, 3.63) is 48.4 Å². The molecule has 1 aliphatic rings. The van der Waals surface area contributed by atoms with E-state index in [1.54, 1.807) is 54.9 Å². The first-order valence-corrected chi connectivity index (χ1v) is 12.3. The molecule has 33 heavy (non-hydrogen) atoms. The van der Waals surface area contributed by atoms with Crippen molar-refractivity contribution in [3.8, 4) is 22.9 Å². The first-order chi connectivity index (χ1) is 16.0. The maximum atomic E-state index is 12.9. The number of aromatic nitrogens is 2. The summed E-state index contributed by atoms with van der Waals surface area (Å²) in [6.07, 6.45) is 3.98. The molecule has 0 atom stereocenters. The zero-order valence-electron chi connectivity index (χ0n) is 18.8. The number of rotatable bonds is 8. The topological polar surface area (TPSA) is 107 Å². The van der Waals surface area contributed by atoms with Gasteiger partial charge >= 0.3 is 0 Å². The third-order valence-corrected chi connectivity index (χ3v) is 7.53. The number of hydrogen-bond donors (Lipinski definition) is 1. The van der Waals surface area contributed by atoms with E-state index in [4.69, 9.17) is 14.0 Å². The van der Waals surface area contributed by atoms with Crippen molar-refractivity contribution < 1.29 is 22.4 Å². The van der Waals surface area contributed by atoms with Gasteiger partial charge in [0.2, 0.25) is 21.7 Å². The van der Waals surface area contributed by atoms with Crippen LogP contribution in [0.1, 0.15) is 31.6 Å². The van der Waals surface area contributed by atoms with Gasteiger partial charge in [-0.2, -0.15) is 9.29 Å². The second-order valence-electron chi connectivity index (χ2n) is 7.77. The lowest BCUT2D eigenvalue weighted by Gasteiger charge is -2.20. The maximum absolute atomic E-state index is 12.9. The lowest BCUT2D eigenvalue weighted by Crippen LogP contribution is -2.31. The highest BCUT2D eigenvalue weighted by Crippen LogP contribution is 2.31. The molecule has 2 heterocycles. The van der Waals surface area contributed by atoms with Crippen molar-refractivity contribution in [2.75, 3.05) is 32.6 Å². The van der Waals surface area contributed by atoms with E-state index in [1.807, 2.05) is 6.07 Å². The Morgan fingerprint density at radius 3 is 2.39 bits per heavy atom. The quantitative estimate of drug-likeness (QED) is 0.526. The van der Waals surface area contributed by atoms with Crippen LogP contribution in [0.15, 0.2) is 51.9 Å². The van der Waals surface area contributed by atoms with Gasteiger partial charge in [-0.3, -0.25) is 0 Å². The molecule has 3 aromatic rings. The molecule has 0 aliphatic carbocycles. The number of nitrogens with one attached hydrogen (secondary N) is 1. The van der Waals surface area contributed by atoms with Crippen LogP contribution in [0.5, 0.6) is 11.5 Å². The predicted molar refractivity (Wildman–Crippen MR) is 124 cm³/mol. The van der Waals surface area contributed by atoms with Gasteiger partial charge in [-0.15, -0.1) is 0 Å². The molecule has 0 bridgehead atoms. The summed E-state index contributed by atoms with van der Waals surface area (Å²) in [7, 11) is -0.311. The molecule has 1 aliphatic heterocycles. The van der Waals surface area contributed by atoms with Gasteiger partial charge < -0.3 is 19.3 Å². The van der Waals surface area contributed by atoms with Crippen molar-refractivity contribution in [1.29, 1.82) is 0 Å². The Hall–Kier alpha value is -3.11. The fraction of sp³-hybridized carbons (Fsp3) is 0.391. The molecule has 176 valence electrons. The third-order valence-electron chi connectivity index (χ3n) is 5.62. The van der Waals surface area contributed by atoms with E-state index in [0.29, 0.717) is 53.3 Å². The zero-order valence-corrected chi connectivity index (χ0v) is 19.6. The average molecular weight is 473 g/mol. The highest BCUT2D eigenvalue weighted by molar-refractivity contribution is 7.89. The van der Waals surface area contributed by atoms with Gasteiger partial charge in [0.15, 0.2) is 0 Å². The second kappa shape index (κ2) is 10.2. The molecule has 1 aromatic heterocycles. The van der Waals surface area contributed by atoms with Crippen LogP contribution in [0.2, 0.25) is 0 Å². The zero-order chi connectivity index (χ0) is 23.3.